The van der Waals surface area contributed by atoms with Gasteiger partial charge in [0.15, 0.2) is 0 Å². The van der Waals surface area contributed by atoms with Crippen molar-refractivity contribution in [2.45, 2.75) is 6.92 Å². The SMILES string of the molecule is COc1ccccc1N1CCN(C(=O)c2c(C)[nH]c3cc(Cl)ccc23)CC1. The first-order chi connectivity index (χ1) is 13.1. The Bertz CT molecular complexity index is 990. The Morgan fingerprint density at radius 1 is 1.11 bits per heavy atom. The van der Waals surface area contributed by atoms with Crippen molar-refractivity contribution in [1.82, 2.24) is 9.88 Å². The van der Waals surface area contributed by atoms with Gasteiger partial charge >= 0.3 is 0 Å². The average Bonchev–Trinajstić information content (AvgIpc) is 3.02. The van der Waals surface area contributed by atoms with Gasteiger partial charge in [0.05, 0.1) is 18.4 Å². The number of aromatic amines is 1. The summed E-state index contributed by atoms with van der Waals surface area (Å²) in [5, 5.41) is 1.59. The van der Waals surface area contributed by atoms with Gasteiger partial charge in [-0.05, 0) is 31.2 Å². The molecule has 3 aromatic rings. The summed E-state index contributed by atoms with van der Waals surface area (Å²) in [6, 6.07) is 13.6. The quantitative estimate of drug-likeness (QED) is 0.740. The van der Waals surface area contributed by atoms with E-state index in [0.29, 0.717) is 18.1 Å². The fourth-order valence-corrected chi connectivity index (χ4v) is 3.95. The molecule has 0 saturated carbocycles. The maximum atomic E-state index is 13.2. The summed E-state index contributed by atoms with van der Waals surface area (Å²) < 4.78 is 5.47. The third-order valence-corrected chi connectivity index (χ3v) is 5.39. The molecule has 1 amide bonds. The molecule has 2 aromatic carbocycles. The molecule has 27 heavy (non-hydrogen) atoms. The van der Waals surface area contributed by atoms with Gasteiger partial charge in [0.2, 0.25) is 0 Å². The number of ether oxygens (including phenoxy) is 1. The lowest BCUT2D eigenvalue weighted by Crippen LogP contribution is -2.49. The highest BCUT2D eigenvalue weighted by Crippen LogP contribution is 2.30. The highest BCUT2D eigenvalue weighted by atomic mass is 35.5. The van der Waals surface area contributed by atoms with Crippen LogP contribution >= 0.6 is 11.6 Å². The molecule has 5 nitrogen and oxygen atoms in total. The molecule has 1 aliphatic heterocycles. The highest BCUT2D eigenvalue weighted by molar-refractivity contribution is 6.31. The molecule has 0 atom stereocenters. The lowest BCUT2D eigenvalue weighted by Gasteiger charge is -2.36. The van der Waals surface area contributed by atoms with Crippen molar-refractivity contribution in [2.24, 2.45) is 0 Å². The molecule has 1 fully saturated rings. The molecule has 140 valence electrons. The molecular weight excluding hydrogens is 362 g/mol. The minimum absolute atomic E-state index is 0.0701. The largest absolute Gasteiger partial charge is 0.495 e. The van der Waals surface area contributed by atoms with E-state index in [4.69, 9.17) is 16.3 Å². The Morgan fingerprint density at radius 2 is 1.85 bits per heavy atom. The topological polar surface area (TPSA) is 48.6 Å². The molecule has 0 aliphatic carbocycles. The van der Waals surface area contributed by atoms with E-state index in [1.165, 1.54) is 0 Å². The van der Waals surface area contributed by atoms with Crippen LogP contribution in [0.15, 0.2) is 42.5 Å². The van der Waals surface area contributed by atoms with E-state index in [2.05, 4.69) is 16.0 Å². The minimum Gasteiger partial charge on any atom is -0.495 e. The van der Waals surface area contributed by atoms with Crippen LogP contribution in [-0.4, -0.2) is 49.1 Å². The van der Waals surface area contributed by atoms with Crippen LogP contribution in [0, 0.1) is 6.92 Å². The van der Waals surface area contributed by atoms with Crippen molar-refractivity contribution in [3.63, 3.8) is 0 Å². The molecule has 0 radical (unpaired) electrons. The van der Waals surface area contributed by atoms with Gasteiger partial charge in [-0.2, -0.15) is 0 Å². The number of amides is 1. The number of fused-ring (bicyclic) bond motifs is 1. The molecule has 2 heterocycles. The summed E-state index contributed by atoms with van der Waals surface area (Å²) >= 11 is 6.08. The predicted molar refractivity (Wildman–Crippen MR) is 109 cm³/mol. The zero-order chi connectivity index (χ0) is 19.0. The summed E-state index contributed by atoms with van der Waals surface area (Å²) in [4.78, 5) is 20.7. The van der Waals surface area contributed by atoms with Crippen LogP contribution in [0.1, 0.15) is 16.1 Å². The van der Waals surface area contributed by atoms with Gasteiger partial charge in [-0.15, -0.1) is 0 Å². The van der Waals surface area contributed by atoms with E-state index in [9.17, 15) is 4.79 Å². The molecular formula is C21H22ClN3O2. The number of benzene rings is 2. The normalized spacial score (nSPS) is 14.6. The number of hydrogen-bond donors (Lipinski definition) is 1. The van der Waals surface area contributed by atoms with Gasteiger partial charge < -0.3 is 19.5 Å². The third-order valence-electron chi connectivity index (χ3n) is 5.15. The predicted octanol–water partition coefficient (Wildman–Crippen LogP) is 4.10. The molecule has 0 spiro atoms. The highest BCUT2D eigenvalue weighted by Gasteiger charge is 2.26. The Morgan fingerprint density at radius 3 is 2.59 bits per heavy atom. The number of nitrogens with zero attached hydrogens (tertiary/aromatic N) is 2. The van der Waals surface area contributed by atoms with E-state index in [1.54, 1.807) is 7.11 Å². The number of rotatable bonds is 3. The van der Waals surface area contributed by atoms with Gasteiger partial charge in [0, 0.05) is 47.8 Å². The number of piperazine rings is 1. The Hall–Kier alpha value is -2.66. The van der Waals surface area contributed by atoms with E-state index in [1.807, 2.05) is 48.2 Å². The summed E-state index contributed by atoms with van der Waals surface area (Å²) in [7, 11) is 1.69. The molecule has 1 N–H and O–H groups in total. The van der Waals surface area contributed by atoms with Crippen LogP contribution in [0.3, 0.4) is 0 Å². The second-order valence-corrected chi connectivity index (χ2v) is 7.20. The fraction of sp³-hybridized carbons (Fsp3) is 0.286. The zero-order valence-corrected chi connectivity index (χ0v) is 16.2. The first-order valence-corrected chi connectivity index (χ1v) is 9.41. The number of methoxy groups -OCH3 is 1. The van der Waals surface area contributed by atoms with E-state index in [0.717, 1.165) is 46.7 Å². The lowest BCUT2D eigenvalue weighted by atomic mass is 10.1. The van der Waals surface area contributed by atoms with Gasteiger partial charge in [0.1, 0.15) is 5.75 Å². The van der Waals surface area contributed by atoms with E-state index < -0.39 is 0 Å². The van der Waals surface area contributed by atoms with Crippen molar-refractivity contribution in [2.75, 3.05) is 38.2 Å². The number of H-pyrrole nitrogens is 1. The summed E-state index contributed by atoms with van der Waals surface area (Å²) in [5.41, 5.74) is 3.60. The molecule has 0 bridgehead atoms. The van der Waals surface area contributed by atoms with Crippen LogP contribution < -0.4 is 9.64 Å². The monoisotopic (exact) mass is 383 g/mol. The molecule has 0 unspecified atom stereocenters. The van der Waals surface area contributed by atoms with Gasteiger partial charge in [-0.25, -0.2) is 0 Å². The summed E-state index contributed by atoms with van der Waals surface area (Å²) in [6.07, 6.45) is 0. The van der Waals surface area contributed by atoms with Crippen molar-refractivity contribution in [1.29, 1.82) is 0 Å². The van der Waals surface area contributed by atoms with Crippen molar-refractivity contribution in [3.8, 4) is 5.75 Å². The first-order valence-electron chi connectivity index (χ1n) is 9.03. The fourth-order valence-electron chi connectivity index (χ4n) is 3.78. The zero-order valence-electron chi connectivity index (χ0n) is 15.5. The summed E-state index contributed by atoms with van der Waals surface area (Å²) in [5.74, 6) is 0.933. The van der Waals surface area contributed by atoms with Crippen LogP contribution in [0.2, 0.25) is 5.02 Å². The number of carbonyl (C=O) groups excluding carboxylic acids is 1. The van der Waals surface area contributed by atoms with Crippen molar-refractivity contribution >= 4 is 34.1 Å². The number of aromatic nitrogens is 1. The van der Waals surface area contributed by atoms with Crippen LogP contribution in [-0.2, 0) is 0 Å². The Labute approximate surface area is 163 Å². The second kappa shape index (κ2) is 7.16. The van der Waals surface area contributed by atoms with Gasteiger partial charge in [0.25, 0.3) is 5.91 Å². The number of halogens is 1. The minimum atomic E-state index is 0.0701. The second-order valence-electron chi connectivity index (χ2n) is 6.77. The first kappa shape index (κ1) is 17.7. The average molecular weight is 384 g/mol. The molecule has 1 saturated heterocycles. The molecule has 4 rings (SSSR count). The van der Waals surface area contributed by atoms with Crippen LogP contribution in [0.4, 0.5) is 5.69 Å². The van der Waals surface area contributed by atoms with Gasteiger partial charge in [-0.3, -0.25) is 4.79 Å². The molecule has 1 aromatic heterocycles. The lowest BCUT2D eigenvalue weighted by molar-refractivity contribution is 0.0748. The van der Waals surface area contributed by atoms with Crippen LogP contribution in [0.25, 0.3) is 10.9 Å². The number of hydrogen-bond acceptors (Lipinski definition) is 3. The van der Waals surface area contributed by atoms with Crippen molar-refractivity contribution < 1.29 is 9.53 Å². The molecule has 1 aliphatic rings. The number of anilines is 1. The number of para-hydroxylation sites is 2. The van der Waals surface area contributed by atoms with Gasteiger partial charge in [-0.1, -0.05) is 29.8 Å². The third kappa shape index (κ3) is 3.23. The smallest absolute Gasteiger partial charge is 0.256 e. The van der Waals surface area contributed by atoms with Crippen molar-refractivity contribution in [3.05, 3.63) is 58.7 Å². The Kier molecular flexibility index (Phi) is 4.70. The number of nitrogens with one attached hydrogen (secondary N) is 1. The Balaban J connectivity index is 1.53. The number of aryl methyl sites for hydroxylation is 1. The van der Waals surface area contributed by atoms with E-state index in [-0.39, 0.29) is 5.91 Å². The maximum Gasteiger partial charge on any atom is 0.256 e. The standard InChI is InChI=1S/C21H22ClN3O2/c1-14-20(16-8-7-15(22)13-17(16)23-14)21(26)25-11-9-24(10-12-25)18-5-3-4-6-19(18)27-2/h3-8,13,23H,9-12H2,1-2H3. The molecule has 6 heteroatoms. The number of carbonyl (C=O) groups is 1. The van der Waals surface area contributed by atoms with E-state index >= 15 is 0 Å². The summed E-state index contributed by atoms with van der Waals surface area (Å²) in [6.45, 7) is 4.85. The maximum absolute atomic E-state index is 13.2. The van der Waals surface area contributed by atoms with Crippen LogP contribution in [0.5, 0.6) is 5.75 Å².